The third-order valence-electron chi connectivity index (χ3n) is 6.81. The summed E-state index contributed by atoms with van der Waals surface area (Å²) in [4.78, 5) is 30.8. The van der Waals surface area contributed by atoms with Crippen LogP contribution in [-0.4, -0.2) is 99.3 Å². The second-order valence-electron chi connectivity index (χ2n) is 9.98. The van der Waals surface area contributed by atoms with Crippen molar-refractivity contribution in [3.8, 4) is 11.5 Å². The molecule has 0 unspecified atom stereocenters. The first-order valence-corrected chi connectivity index (χ1v) is 12.8. The fourth-order valence-corrected chi connectivity index (χ4v) is 4.80. The third kappa shape index (κ3) is 5.89. The lowest BCUT2D eigenvalue weighted by Gasteiger charge is -2.36. The number of anilines is 2. The van der Waals surface area contributed by atoms with Crippen molar-refractivity contribution in [1.82, 2.24) is 19.8 Å². The summed E-state index contributed by atoms with van der Waals surface area (Å²) < 4.78 is 11.9. The predicted octanol–water partition coefficient (Wildman–Crippen LogP) is 2.87. The number of likely N-dealkylation sites (tertiary alicyclic amines) is 1. The first-order valence-electron chi connectivity index (χ1n) is 12.8. The average Bonchev–Trinajstić information content (AvgIpc) is 3.38. The Bertz CT molecular complexity index is 1010. The van der Waals surface area contributed by atoms with Gasteiger partial charge in [-0.3, -0.25) is 4.79 Å². The summed E-state index contributed by atoms with van der Waals surface area (Å²) in [6, 6.07) is 3.96. The highest BCUT2D eigenvalue weighted by molar-refractivity contribution is 5.93. The van der Waals surface area contributed by atoms with Crippen LogP contribution in [0.25, 0.3) is 10.9 Å². The number of fused-ring (bicyclic) bond motifs is 1. The van der Waals surface area contributed by atoms with Crippen LogP contribution < -0.4 is 19.3 Å². The molecule has 2 aliphatic heterocycles. The summed E-state index contributed by atoms with van der Waals surface area (Å²) in [5, 5.41) is 0.931. The maximum absolute atomic E-state index is 12.4. The number of ether oxygens (including phenoxy) is 2. The molecule has 192 valence electrons. The molecule has 1 aromatic carbocycles. The number of carbonyl (C=O) groups excluding carboxylic acids is 1. The molecule has 0 radical (unpaired) electrons. The number of benzene rings is 1. The van der Waals surface area contributed by atoms with E-state index in [4.69, 9.17) is 19.4 Å². The van der Waals surface area contributed by atoms with Crippen LogP contribution in [0.4, 0.5) is 11.8 Å². The van der Waals surface area contributed by atoms with Gasteiger partial charge >= 0.3 is 0 Å². The normalized spacial score (nSPS) is 16.9. The molecule has 0 bridgehead atoms. The Kier molecular flexibility index (Phi) is 8.15. The van der Waals surface area contributed by atoms with E-state index in [0.717, 1.165) is 42.8 Å². The number of methoxy groups -OCH3 is 1. The van der Waals surface area contributed by atoms with E-state index in [0.29, 0.717) is 37.1 Å². The molecule has 9 heteroatoms. The standard InChI is InChI=1S/C26H40N6O3/c1-19(2)25(33)32-14-12-31(13-15-32)24-20-17-22(34-5)23(18-21(20)27-26(28-24)29(3)4)35-16-8-11-30-9-6-7-10-30/h17-19H,6-16H2,1-5H3. The van der Waals surface area contributed by atoms with Gasteiger partial charge in [0, 0.05) is 64.2 Å². The molecule has 1 aromatic heterocycles. The Balaban J connectivity index is 1.56. The van der Waals surface area contributed by atoms with Gasteiger partial charge in [-0.15, -0.1) is 0 Å². The van der Waals surface area contributed by atoms with Gasteiger partial charge in [0.05, 0.1) is 19.2 Å². The molecule has 2 aromatic rings. The number of aromatic nitrogens is 2. The highest BCUT2D eigenvalue weighted by atomic mass is 16.5. The molecule has 9 nitrogen and oxygen atoms in total. The second-order valence-corrected chi connectivity index (χ2v) is 9.98. The van der Waals surface area contributed by atoms with Crippen molar-refractivity contribution in [2.24, 2.45) is 5.92 Å². The van der Waals surface area contributed by atoms with E-state index >= 15 is 0 Å². The molecule has 2 fully saturated rings. The lowest BCUT2D eigenvalue weighted by molar-refractivity contribution is -0.134. The van der Waals surface area contributed by atoms with Gasteiger partial charge in [-0.05, 0) is 38.4 Å². The Hall–Kier alpha value is -2.81. The molecule has 4 rings (SSSR count). The Morgan fingerprint density at radius 2 is 1.74 bits per heavy atom. The highest BCUT2D eigenvalue weighted by Crippen LogP contribution is 2.36. The molecule has 0 atom stereocenters. The van der Waals surface area contributed by atoms with Crippen molar-refractivity contribution in [2.75, 3.05) is 83.4 Å². The average molecular weight is 485 g/mol. The molecule has 0 aliphatic carbocycles. The van der Waals surface area contributed by atoms with Crippen LogP contribution in [0.3, 0.4) is 0 Å². The van der Waals surface area contributed by atoms with E-state index in [-0.39, 0.29) is 11.8 Å². The number of nitrogens with zero attached hydrogens (tertiary/aromatic N) is 6. The van der Waals surface area contributed by atoms with Gasteiger partial charge in [-0.2, -0.15) is 4.98 Å². The van der Waals surface area contributed by atoms with E-state index in [1.165, 1.54) is 25.9 Å². The number of amides is 1. The molecule has 2 saturated heterocycles. The van der Waals surface area contributed by atoms with E-state index < -0.39 is 0 Å². The molecule has 0 saturated carbocycles. The summed E-state index contributed by atoms with van der Waals surface area (Å²) in [7, 11) is 5.57. The van der Waals surface area contributed by atoms with Crippen molar-refractivity contribution in [3.63, 3.8) is 0 Å². The van der Waals surface area contributed by atoms with Crippen LogP contribution in [0.1, 0.15) is 33.1 Å². The van der Waals surface area contributed by atoms with Crippen molar-refractivity contribution in [1.29, 1.82) is 0 Å². The van der Waals surface area contributed by atoms with E-state index in [1.54, 1.807) is 7.11 Å². The van der Waals surface area contributed by atoms with Gasteiger partial charge in [-0.1, -0.05) is 13.8 Å². The van der Waals surface area contributed by atoms with Crippen LogP contribution in [0.2, 0.25) is 0 Å². The zero-order valence-electron chi connectivity index (χ0n) is 21.9. The maximum atomic E-state index is 12.4. The Labute approximate surface area is 209 Å². The second kappa shape index (κ2) is 11.3. The summed E-state index contributed by atoms with van der Waals surface area (Å²) in [6.07, 6.45) is 3.59. The fraction of sp³-hybridized carbons (Fsp3) is 0.654. The smallest absolute Gasteiger partial charge is 0.227 e. The van der Waals surface area contributed by atoms with Crippen molar-refractivity contribution in [2.45, 2.75) is 33.1 Å². The summed E-state index contributed by atoms with van der Waals surface area (Å²) >= 11 is 0. The highest BCUT2D eigenvalue weighted by Gasteiger charge is 2.26. The van der Waals surface area contributed by atoms with Crippen molar-refractivity contribution in [3.05, 3.63) is 12.1 Å². The topological polar surface area (TPSA) is 74.3 Å². The molecule has 0 spiro atoms. The zero-order chi connectivity index (χ0) is 24.9. The zero-order valence-corrected chi connectivity index (χ0v) is 21.9. The van der Waals surface area contributed by atoms with Gasteiger partial charge in [0.1, 0.15) is 5.82 Å². The van der Waals surface area contributed by atoms with Gasteiger partial charge in [0.2, 0.25) is 11.9 Å². The monoisotopic (exact) mass is 484 g/mol. The number of carbonyl (C=O) groups is 1. The quantitative estimate of drug-likeness (QED) is 0.503. The minimum absolute atomic E-state index is 0.0137. The Morgan fingerprint density at radius 1 is 1.03 bits per heavy atom. The van der Waals surface area contributed by atoms with Crippen molar-refractivity contribution >= 4 is 28.6 Å². The van der Waals surface area contributed by atoms with E-state index in [1.807, 2.05) is 49.9 Å². The largest absolute Gasteiger partial charge is 0.493 e. The SMILES string of the molecule is COc1cc2c(N3CCN(C(=O)C(C)C)CC3)nc(N(C)C)nc2cc1OCCCN1CCCC1. The number of hydrogen-bond acceptors (Lipinski definition) is 8. The summed E-state index contributed by atoms with van der Waals surface area (Å²) in [6.45, 7) is 10.9. The molecule has 3 heterocycles. The van der Waals surface area contributed by atoms with Crippen LogP contribution in [-0.2, 0) is 4.79 Å². The summed E-state index contributed by atoms with van der Waals surface area (Å²) in [5.41, 5.74) is 0.828. The minimum atomic E-state index is 0.0137. The Morgan fingerprint density at radius 3 is 2.37 bits per heavy atom. The van der Waals surface area contributed by atoms with Gasteiger partial charge in [0.25, 0.3) is 0 Å². The van der Waals surface area contributed by atoms with Crippen molar-refractivity contribution < 1.29 is 14.3 Å². The minimum Gasteiger partial charge on any atom is -0.493 e. The lowest BCUT2D eigenvalue weighted by Crippen LogP contribution is -2.50. The summed E-state index contributed by atoms with van der Waals surface area (Å²) in [5.74, 6) is 3.14. The first-order chi connectivity index (χ1) is 16.9. The maximum Gasteiger partial charge on any atom is 0.227 e. The van der Waals surface area contributed by atoms with Gasteiger partial charge in [-0.25, -0.2) is 4.98 Å². The molecule has 35 heavy (non-hydrogen) atoms. The van der Waals surface area contributed by atoms with Gasteiger partial charge < -0.3 is 29.1 Å². The van der Waals surface area contributed by atoms with E-state index in [9.17, 15) is 4.79 Å². The lowest BCUT2D eigenvalue weighted by atomic mass is 10.1. The van der Waals surface area contributed by atoms with Crippen LogP contribution in [0, 0.1) is 5.92 Å². The van der Waals surface area contributed by atoms with E-state index in [2.05, 4.69) is 9.80 Å². The third-order valence-corrected chi connectivity index (χ3v) is 6.81. The van der Waals surface area contributed by atoms with Crippen LogP contribution in [0.5, 0.6) is 11.5 Å². The fourth-order valence-electron chi connectivity index (χ4n) is 4.80. The molecular formula is C26H40N6O3. The van der Waals surface area contributed by atoms with Crippen LogP contribution in [0.15, 0.2) is 12.1 Å². The number of piperazine rings is 1. The number of rotatable bonds is 9. The molecule has 1 amide bonds. The first kappa shape index (κ1) is 25.3. The predicted molar refractivity (Wildman–Crippen MR) is 140 cm³/mol. The molecular weight excluding hydrogens is 444 g/mol. The van der Waals surface area contributed by atoms with Crippen LogP contribution >= 0.6 is 0 Å². The number of hydrogen-bond donors (Lipinski definition) is 0. The molecule has 2 aliphatic rings. The van der Waals surface area contributed by atoms with Gasteiger partial charge in [0.15, 0.2) is 11.5 Å². The molecule has 0 N–H and O–H groups in total.